The van der Waals surface area contributed by atoms with Gasteiger partial charge in [0.2, 0.25) is 10.0 Å². The molecule has 0 heterocycles. The molecule has 0 aliphatic rings. The molecule has 0 radical (unpaired) electrons. The second-order valence-electron chi connectivity index (χ2n) is 4.69. The molecule has 22 heavy (non-hydrogen) atoms. The summed E-state index contributed by atoms with van der Waals surface area (Å²) in [5, 5.41) is 0.505. The van der Waals surface area contributed by atoms with Gasteiger partial charge in [-0.25, -0.2) is 13.1 Å². The van der Waals surface area contributed by atoms with Gasteiger partial charge in [0.15, 0.2) is 0 Å². The van der Waals surface area contributed by atoms with Crippen LogP contribution in [-0.4, -0.2) is 15.5 Å². The topological polar surface area (TPSA) is 55.4 Å². The highest BCUT2D eigenvalue weighted by Gasteiger charge is 2.19. The molecule has 0 aromatic heterocycles. The molecule has 7 heteroatoms. The average Bonchev–Trinajstić information content (AvgIpc) is 2.49. The van der Waals surface area contributed by atoms with Crippen LogP contribution in [0.4, 0.5) is 0 Å². The van der Waals surface area contributed by atoms with E-state index in [4.69, 9.17) is 27.9 Å². The molecule has 4 nitrogen and oxygen atoms in total. The van der Waals surface area contributed by atoms with Gasteiger partial charge in [0.05, 0.1) is 22.1 Å². The lowest BCUT2D eigenvalue weighted by atomic mass is 10.1. The summed E-state index contributed by atoms with van der Waals surface area (Å²) in [5.41, 5.74) is 0.824. The molecule has 0 fully saturated rings. The number of benzene rings is 2. The van der Waals surface area contributed by atoms with Crippen molar-refractivity contribution < 1.29 is 13.2 Å². The first-order valence-electron chi connectivity index (χ1n) is 6.45. The number of hydrogen-bond acceptors (Lipinski definition) is 3. The van der Waals surface area contributed by atoms with Crippen molar-refractivity contribution in [2.75, 3.05) is 7.11 Å². The highest BCUT2D eigenvalue weighted by molar-refractivity contribution is 7.89. The van der Waals surface area contributed by atoms with Crippen LogP contribution < -0.4 is 9.46 Å². The normalized spacial score (nSPS) is 12.9. The van der Waals surface area contributed by atoms with Crippen LogP contribution in [0.25, 0.3) is 0 Å². The van der Waals surface area contributed by atoms with E-state index in [0.717, 1.165) is 5.56 Å². The van der Waals surface area contributed by atoms with Crippen LogP contribution in [0.5, 0.6) is 5.75 Å². The summed E-state index contributed by atoms with van der Waals surface area (Å²) in [4.78, 5) is 0.0715. The van der Waals surface area contributed by atoms with Gasteiger partial charge in [-0.05, 0) is 42.8 Å². The molecule has 0 aliphatic carbocycles. The minimum Gasteiger partial charge on any atom is -0.497 e. The molecule has 0 saturated carbocycles. The Morgan fingerprint density at radius 1 is 1.05 bits per heavy atom. The molecular formula is C15H15Cl2NO3S. The zero-order valence-electron chi connectivity index (χ0n) is 12.0. The van der Waals surface area contributed by atoms with E-state index >= 15 is 0 Å². The van der Waals surface area contributed by atoms with E-state index in [0.29, 0.717) is 10.8 Å². The molecule has 0 aliphatic heterocycles. The Morgan fingerprint density at radius 2 is 1.68 bits per heavy atom. The second kappa shape index (κ2) is 6.87. The van der Waals surface area contributed by atoms with E-state index in [-0.39, 0.29) is 9.92 Å². The summed E-state index contributed by atoms with van der Waals surface area (Å²) in [5.74, 6) is 0.711. The van der Waals surface area contributed by atoms with E-state index in [9.17, 15) is 8.42 Å². The Balaban J connectivity index is 2.21. The van der Waals surface area contributed by atoms with E-state index in [1.807, 2.05) is 0 Å². The molecule has 0 amide bonds. The molecule has 118 valence electrons. The van der Waals surface area contributed by atoms with E-state index in [1.165, 1.54) is 18.2 Å². The van der Waals surface area contributed by atoms with Crippen molar-refractivity contribution >= 4 is 33.2 Å². The van der Waals surface area contributed by atoms with Crippen LogP contribution in [0.15, 0.2) is 47.4 Å². The summed E-state index contributed by atoms with van der Waals surface area (Å²) in [6.45, 7) is 1.76. The number of halogens is 2. The maximum absolute atomic E-state index is 12.4. The van der Waals surface area contributed by atoms with Crippen LogP contribution >= 0.6 is 23.2 Å². The number of rotatable bonds is 5. The molecule has 2 aromatic carbocycles. The predicted octanol–water partition coefficient (Wildman–Crippen LogP) is 4.04. The fourth-order valence-electron chi connectivity index (χ4n) is 1.91. The summed E-state index contributed by atoms with van der Waals surface area (Å²) >= 11 is 11.7. The lowest BCUT2D eigenvalue weighted by molar-refractivity contribution is 0.414. The first-order chi connectivity index (χ1) is 10.3. The molecule has 1 unspecified atom stereocenters. The predicted molar refractivity (Wildman–Crippen MR) is 88.2 cm³/mol. The molecule has 0 spiro atoms. The monoisotopic (exact) mass is 359 g/mol. The zero-order valence-corrected chi connectivity index (χ0v) is 14.3. The van der Waals surface area contributed by atoms with Crippen LogP contribution in [-0.2, 0) is 10.0 Å². The Kier molecular flexibility index (Phi) is 5.34. The maximum Gasteiger partial charge on any atom is 0.241 e. The Hall–Kier alpha value is -1.27. The van der Waals surface area contributed by atoms with Gasteiger partial charge in [-0.3, -0.25) is 0 Å². The fraction of sp³-hybridized carbons (Fsp3) is 0.200. The number of ether oxygens (including phenoxy) is 1. The Labute approximate surface area is 140 Å². The van der Waals surface area contributed by atoms with E-state index in [2.05, 4.69) is 4.72 Å². The molecular weight excluding hydrogens is 345 g/mol. The molecule has 2 rings (SSSR count). The summed E-state index contributed by atoms with van der Waals surface area (Å²) in [6, 6.07) is 11.0. The summed E-state index contributed by atoms with van der Waals surface area (Å²) in [7, 11) is -2.11. The van der Waals surface area contributed by atoms with Crippen molar-refractivity contribution in [2.45, 2.75) is 17.9 Å². The van der Waals surface area contributed by atoms with Crippen molar-refractivity contribution in [3.05, 3.63) is 58.1 Å². The third-order valence-corrected chi connectivity index (χ3v) is 5.43. The van der Waals surface area contributed by atoms with Gasteiger partial charge in [-0.15, -0.1) is 0 Å². The molecule has 1 N–H and O–H groups in total. The lowest BCUT2D eigenvalue weighted by Crippen LogP contribution is -2.26. The van der Waals surface area contributed by atoms with Gasteiger partial charge in [0.1, 0.15) is 5.75 Å². The third-order valence-electron chi connectivity index (χ3n) is 3.15. The minimum atomic E-state index is -3.69. The average molecular weight is 360 g/mol. The number of hydrogen-bond donors (Lipinski definition) is 1. The maximum atomic E-state index is 12.4. The SMILES string of the molecule is COc1ccc(C(C)NS(=O)(=O)c2ccc(Cl)c(Cl)c2)cc1. The van der Waals surface area contributed by atoms with Gasteiger partial charge in [0.25, 0.3) is 0 Å². The largest absolute Gasteiger partial charge is 0.497 e. The smallest absolute Gasteiger partial charge is 0.241 e. The first-order valence-corrected chi connectivity index (χ1v) is 8.69. The Morgan fingerprint density at radius 3 is 2.23 bits per heavy atom. The van der Waals surface area contributed by atoms with Gasteiger partial charge in [0, 0.05) is 6.04 Å². The molecule has 0 saturated heterocycles. The first kappa shape index (κ1) is 17.1. The highest BCUT2D eigenvalue weighted by atomic mass is 35.5. The van der Waals surface area contributed by atoms with Gasteiger partial charge < -0.3 is 4.74 Å². The van der Waals surface area contributed by atoms with Crippen molar-refractivity contribution in [2.24, 2.45) is 0 Å². The van der Waals surface area contributed by atoms with Crippen LogP contribution in [0.2, 0.25) is 10.0 Å². The van der Waals surface area contributed by atoms with E-state index < -0.39 is 16.1 Å². The zero-order chi connectivity index (χ0) is 16.3. The van der Waals surface area contributed by atoms with Crippen LogP contribution in [0, 0.1) is 0 Å². The summed E-state index contributed by atoms with van der Waals surface area (Å²) < 4.78 is 32.4. The standard InChI is InChI=1S/C15H15Cl2NO3S/c1-10(11-3-5-12(21-2)6-4-11)18-22(19,20)13-7-8-14(16)15(17)9-13/h3-10,18H,1-2H3. The molecule has 2 aromatic rings. The second-order valence-corrected chi connectivity index (χ2v) is 7.22. The van der Waals surface area contributed by atoms with E-state index in [1.54, 1.807) is 38.3 Å². The van der Waals surface area contributed by atoms with Crippen LogP contribution in [0.1, 0.15) is 18.5 Å². The number of sulfonamides is 1. The third kappa shape index (κ3) is 3.93. The highest BCUT2D eigenvalue weighted by Crippen LogP contribution is 2.26. The van der Waals surface area contributed by atoms with Crippen molar-refractivity contribution in [3.63, 3.8) is 0 Å². The van der Waals surface area contributed by atoms with Gasteiger partial charge >= 0.3 is 0 Å². The minimum absolute atomic E-state index is 0.0715. The van der Waals surface area contributed by atoms with Crippen molar-refractivity contribution in [3.8, 4) is 5.75 Å². The number of nitrogens with one attached hydrogen (secondary N) is 1. The molecule has 1 atom stereocenters. The summed E-state index contributed by atoms with van der Waals surface area (Å²) in [6.07, 6.45) is 0. The van der Waals surface area contributed by atoms with Crippen LogP contribution in [0.3, 0.4) is 0 Å². The van der Waals surface area contributed by atoms with Gasteiger partial charge in [-0.1, -0.05) is 35.3 Å². The Bertz CT molecular complexity index is 761. The van der Waals surface area contributed by atoms with Gasteiger partial charge in [-0.2, -0.15) is 0 Å². The van der Waals surface area contributed by atoms with Crippen molar-refractivity contribution in [1.82, 2.24) is 4.72 Å². The lowest BCUT2D eigenvalue weighted by Gasteiger charge is -2.15. The quantitative estimate of drug-likeness (QED) is 0.876. The van der Waals surface area contributed by atoms with Crippen molar-refractivity contribution in [1.29, 1.82) is 0 Å². The fourth-order valence-corrected chi connectivity index (χ4v) is 3.53. The molecule has 0 bridgehead atoms. The number of methoxy groups -OCH3 is 1.